The van der Waals surface area contributed by atoms with Crippen molar-refractivity contribution in [3.05, 3.63) is 23.2 Å². The molecule has 0 saturated heterocycles. The summed E-state index contributed by atoms with van der Waals surface area (Å²) in [6.07, 6.45) is 1.69. The molecule has 2 rings (SSSR count). The van der Waals surface area contributed by atoms with Crippen LogP contribution < -0.4 is 5.32 Å². The molecular weight excluding hydrogens is 268 g/mol. The Labute approximate surface area is 115 Å². The van der Waals surface area contributed by atoms with E-state index in [1.165, 1.54) is 11.3 Å². The molecule has 3 nitrogen and oxygen atoms in total. The molecule has 96 valence electrons. The summed E-state index contributed by atoms with van der Waals surface area (Å²) < 4.78 is 0.988. The van der Waals surface area contributed by atoms with Gasteiger partial charge in [-0.1, -0.05) is 36.8 Å². The number of nitrogens with one attached hydrogen (secondary N) is 1. The van der Waals surface area contributed by atoms with E-state index in [1.807, 2.05) is 26.0 Å². The molecule has 0 aliphatic rings. The van der Waals surface area contributed by atoms with Gasteiger partial charge in [0.15, 0.2) is 5.13 Å². The number of hydrogen-bond donors (Lipinski definition) is 1. The van der Waals surface area contributed by atoms with Crippen molar-refractivity contribution in [2.45, 2.75) is 26.7 Å². The second-order valence-electron chi connectivity index (χ2n) is 4.13. The van der Waals surface area contributed by atoms with Crippen molar-refractivity contribution in [2.24, 2.45) is 5.92 Å². The fourth-order valence-corrected chi connectivity index (χ4v) is 2.96. The molecule has 0 saturated carbocycles. The minimum Gasteiger partial charge on any atom is -0.302 e. The van der Waals surface area contributed by atoms with Crippen molar-refractivity contribution in [3.63, 3.8) is 0 Å². The van der Waals surface area contributed by atoms with Crippen LogP contribution in [0.25, 0.3) is 10.2 Å². The highest BCUT2D eigenvalue weighted by atomic mass is 35.5. The van der Waals surface area contributed by atoms with Gasteiger partial charge in [-0.05, 0) is 31.0 Å². The maximum absolute atomic E-state index is 11.9. The molecule has 1 aromatic heterocycles. The molecule has 1 N–H and O–H groups in total. The van der Waals surface area contributed by atoms with Crippen LogP contribution in [-0.2, 0) is 4.79 Å². The quantitative estimate of drug-likeness (QED) is 0.907. The Morgan fingerprint density at radius 1 is 1.44 bits per heavy atom. The van der Waals surface area contributed by atoms with Crippen LogP contribution in [0.3, 0.4) is 0 Å². The molecule has 0 bridgehead atoms. The SMILES string of the molecule is CCC(CC)C(=O)Nc1nc2ccc(Cl)cc2s1. The van der Waals surface area contributed by atoms with Crippen LogP contribution in [0, 0.1) is 5.92 Å². The Morgan fingerprint density at radius 3 is 2.83 bits per heavy atom. The number of carbonyl (C=O) groups is 1. The van der Waals surface area contributed by atoms with Gasteiger partial charge in [0.1, 0.15) is 0 Å². The molecule has 0 aliphatic carbocycles. The minimum absolute atomic E-state index is 0.0464. The van der Waals surface area contributed by atoms with Gasteiger partial charge in [-0.3, -0.25) is 4.79 Å². The van der Waals surface area contributed by atoms with E-state index in [4.69, 9.17) is 11.6 Å². The molecule has 1 amide bonds. The Balaban J connectivity index is 2.19. The van der Waals surface area contributed by atoms with Gasteiger partial charge in [0.05, 0.1) is 10.2 Å². The number of benzene rings is 1. The number of hydrogen-bond acceptors (Lipinski definition) is 3. The highest BCUT2D eigenvalue weighted by molar-refractivity contribution is 7.22. The standard InChI is InChI=1S/C13H15ClN2OS/c1-3-8(4-2)12(17)16-13-15-10-6-5-9(14)7-11(10)18-13/h5-8H,3-4H2,1-2H3,(H,15,16,17). The molecule has 0 radical (unpaired) electrons. The van der Waals surface area contributed by atoms with Crippen LogP contribution in [0.4, 0.5) is 5.13 Å². The van der Waals surface area contributed by atoms with Crippen molar-refractivity contribution < 1.29 is 4.79 Å². The topological polar surface area (TPSA) is 42.0 Å². The number of aromatic nitrogens is 1. The van der Waals surface area contributed by atoms with Crippen LogP contribution in [-0.4, -0.2) is 10.9 Å². The monoisotopic (exact) mass is 282 g/mol. The number of rotatable bonds is 4. The van der Waals surface area contributed by atoms with Crippen molar-refractivity contribution in [1.82, 2.24) is 4.98 Å². The summed E-state index contributed by atoms with van der Waals surface area (Å²) in [7, 11) is 0. The third kappa shape index (κ3) is 2.82. The van der Waals surface area contributed by atoms with E-state index in [-0.39, 0.29) is 11.8 Å². The highest BCUT2D eigenvalue weighted by Crippen LogP contribution is 2.28. The summed E-state index contributed by atoms with van der Waals surface area (Å²) in [5, 5.41) is 4.21. The van der Waals surface area contributed by atoms with Crippen LogP contribution in [0.5, 0.6) is 0 Å². The van der Waals surface area contributed by atoms with Gasteiger partial charge < -0.3 is 5.32 Å². The predicted molar refractivity (Wildman–Crippen MR) is 77.3 cm³/mol. The Kier molecular flexibility index (Phi) is 4.19. The molecular formula is C13H15ClN2OS. The molecule has 0 spiro atoms. The first-order valence-electron chi connectivity index (χ1n) is 6.01. The highest BCUT2D eigenvalue weighted by Gasteiger charge is 2.15. The van der Waals surface area contributed by atoms with Crippen LogP contribution in [0.2, 0.25) is 5.02 Å². The number of carbonyl (C=O) groups excluding carboxylic acids is 1. The number of anilines is 1. The van der Waals surface area contributed by atoms with Crippen molar-refractivity contribution >= 4 is 44.2 Å². The number of thiazole rings is 1. The number of fused-ring (bicyclic) bond motifs is 1. The lowest BCUT2D eigenvalue weighted by Crippen LogP contribution is -2.21. The lowest BCUT2D eigenvalue weighted by atomic mass is 10.0. The van der Waals surface area contributed by atoms with Crippen LogP contribution >= 0.6 is 22.9 Å². The smallest absolute Gasteiger partial charge is 0.229 e. The largest absolute Gasteiger partial charge is 0.302 e. The normalized spacial score (nSPS) is 11.1. The Bertz CT molecular complexity index is 563. The van der Waals surface area contributed by atoms with E-state index in [2.05, 4.69) is 10.3 Å². The average molecular weight is 283 g/mol. The third-order valence-electron chi connectivity index (χ3n) is 2.94. The Morgan fingerprint density at radius 2 is 2.17 bits per heavy atom. The van der Waals surface area contributed by atoms with E-state index in [0.29, 0.717) is 10.2 Å². The molecule has 1 aromatic carbocycles. The van der Waals surface area contributed by atoms with Gasteiger partial charge >= 0.3 is 0 Å². The molecule has 0 unspecified atom stereocenters. The Hall–Kier alpha value is -1.13. The third-order valence-corrected chi connectivity index (χ3v) is 4.11. The molecule has 2 aromatic rings. The first-order chi connectivity index (χ1) is 8.63. The van der Waals surface area contributed by atoms with Gasteiger partial charge in [0, 0.05) is 10.9 Å². The first kappa shape index (κ1) is 13.3. The molecule has 0 fully saturated rings. The molecule has 18 heavy (non-hydrogen) atoms. The van der Waals surface area contributed by atoms with E-state index in [0.717, 1.165) is 23.1 Å². The molecule has 0 aliphatic heterocycles. The number of halogens is 1. The van der Waals surface area contributed by atoms with E-state index in [1.54, 1.807) is 6.07 Å². The van der Waals surface area contributed by atoms with Crippen molar-refractivity contribution in [1.29, 1.82) is 0 Å². The molecule has 1 heterocycles. The van der Waals surface area contributed by atoms with Crippen LogP contribution in [0.1, 0.15) is 26.7 Å². The maximum Gasteiger partial charge on any atom is 0.229 e. The number of nitrogens with zero attached hydrogens (tertiary/aromatic N) is 1. The second-order valence-corrected chi connectivity index (χ2v) is 5.60. The van der Waals surface area contributed by atoms with E-state index >= 15 is 0 Å². The minimum atomic E-state index is 0.0464. The van der Waals surface area contributed by atoms with E-state index < -0.39 is 0 Å². The predicted octanol–water partition coefficient (Wildman–Crippen LogP) is 4.32. The molecule has 5 heteroatoms. The van der Waals surface area contributed by atoms with Gasteiger partial charge in [0.25, 0.3) is 0 Å². The summed E-state index contributed by atoms with van der Waals surface area (Å²) >= 11 is 7.37. The average Bonchev–Trinajstić information content (AvgIpc) is 2.71. The van der Waals surface area contributed by atoms with Gasteiger partial charge in [-0.25, -0.2) is 4.98 Å². The van der Waals surface area contributed by atoms with E-state index in [9.17, 15) is 4.79 Å². The molecule has 0 atom stereocenters. The summed E-state index contributed by atoms with van der Waals surface area (Å²) in [5.74, 6) is 0.103. The fraction of sp³-hybridized carbons (Fsp3) is 0.385. The first-order valence-corrected chi connectivity index (χ1v) is 7.20. The summed E-state index contributed by atoms with van der Waals surface area (Å²) in [5.41, 5.74) is 0.865. The summed E-state index contributed by atoms with van der Waals surface area (Å²) in [6.45, 7) is 4.04. The lowest BCUT2D eigenvalue weighted by molar-refractivity contribution is -0.120. The second kappa shape index (κ2) is 5.67. The number of amides is 1. The maximum atomic E-state index is 11.9. The summed E-state index contributed by atoms with van der Waals surface area (Å²) in [6, 6.07) is 5.53. The lowest BCUT2D eigenvalue weighted by Gasteiger charge is -2.10. The zero-order valence-corrected chi connectivity index (χ0v) is 11.9. The van der Waals surface area contributed by atoms with Crippen molar-refractivity contribution in [2.75, 3.05) is 5.32 Å². The van der Waals surface area contributed by atoms with Gasteiger partial charge in [-0.15, -0.1) is 0 Å². The van der Waals surface area contributed by atoms with Gasteiger partial charge in [0.2, 0.25) is 5.91 Å². The fourth-order valence-electron chi connectivity index (χ4n) is 1.82. The van der Waals surface area contributed by atoms with Crippen LogP contribution in [0.15, 0.2) is 18.2 Å². The van der Waals surface area contributed by atoms with Gasteiger partial charge in [-0.2, -0.15) is 0 Å². The zero-order chi connectivity index (χ0) is 13.1. The zero-order valence-electron chi connectivity index (χ0n) is 10.4. The summed E-state index contributed by atoms with van der Waals surface area (Å²) in [4.78, 5) is 16.3. The van der Waals surface area contributed by atoms with Crippen molar-refractivity contribution in [3.8, 4) is 0 Å².